The maximum Gasteiger partial charge on any atom is 0.416 e. The molecule has 1 saturated heterocycles. The average molecular weight is 626 g/mol. The lowest BCUT2D eigenvalue weighted by atomic mass is 9.94. The molecule has 1 amide bonds. The number of amides is 1. The number of thiazole rings is 1. The van der Waals surface area contributed by atoms with Crippen molar-refractivity contribution in [2.24, 2.45) is 0 Å². The molecule has 1 atom stereocenters. The molecular formula is C27H30F3N5O5S2. The lowest BCUT2D eigenvalue weighted by molar-refractivity contribution is -0.384. The molecule has 1 N–H and O–H groups in total. The van der Waals surface area contributed by atoms with Crippen molar-refractivity contribution in [3.63, 3.8) is 0 Å². The summed E-state index contributed by atoms with van der Waals surface area (Å²) in [5.41, 5.74) is -0.414. The van der Waals surface area contributed by atoms with Gasteiger partial charge >= 0.3 is 6.18 Å². The minimum atomic E-state index is -4.40. The van der Waals surface area contributed by atoms with Crippen molar-refractivity contribution in [1.82, 2.24) is 19.5 Å². The highest BCUT2D eigenvalue weighted by molar-refractivity contribution is 7.83. The number of hydrogen-bond donors (Lipinski definition) is 1. The minimum absolute atomic E-state index is 0.00308. The van der Waals surface area contributed by atoms with E-state index in [1.807, 2.05) is 0 Å². The first-order valence-corrected chi connectivity index (χ1v) is 15.5. The average Bonchev–Trinajstić information content (AvgIpc) is 3.38. The Bertz CT molecular complexity index is 1440. The number of rotatable bonds is 9. The number of aromatic nitrogens is 1. The summed E-state index contributed by atoms with van der Waals surface area (Å²) < 4.78 is 61.3. The first-order chi connectivity index (χ1) is 20.0. The largest absolute Gasteiger partial charge is 0.416 e. The lowest BCUT2D eigenvalue weighted by Gasteiger charge is -2.35. The van der Waals surface area contributed by atoms with E-state index in [0.29, 0.717) is 47.8 Å². The van der Waals surface area contributed by atoms with Gasteiger partial charge in [0, 0.05) is 44.4 Å². The third kappa shape index (κ3) is 7.69. The Morgan fingerprint density at radius 1 is 1.10 bits per heavy atom. The van der Waals surface area contributed by atoms with Gasteiger partial charge in [-0.3, -0.25) is 19.8 Å². The van der Waals surface area contributed by atoms with Crippen LogP contribution in [-0.2, 0) is 33.2 Å². The summed E-state index contributed by atoms with van der Waals surface area (Å²) in [6, 6.07) is 9.27. The summed E-state index contributed by atoms with van der Waals surface area (Å²) in [6.07, 6.45) is -1.54. The number of carbonyl (C=O) groups is 1. The lowest BCUT2D eigenvalue weighted by Crippen LogP contribution is -2.49. The number of halogens is 3. The fourth-order valence-corrected chi connectivity index (χ4v) is 7.15. The number of benzene rings is 2. The molecule has 3 aromatic rings. The number of nitrogens with zero attached hydrogens (tertiary/aromatic N) is 4. The van der Waals surface area contributed by atoms with E-state index < -0.39 is 27.6 Å². The van der Waals surface area contributed by atoms with Gasteiger partial charge in [0.15, 0.2) is 0 Å². The molecule has 1 unspecified atom stereocenters. The normalized spacial score (nSPS) is 21.0. The molecule has 42 heavy (non-hydrogen) atoms. The van der Waals surface area contributed by atoms with Gasteiger partial charge in [-0.25, -0.2) is 13.9 Å². The number of carbonyl (C=O) groups excluding carboxylic acids is 1. The standard InChI is InChI=1S/C27H30F3N5O5S2/c28-27(29,30)18-1-10-24-23(15-18)31-25(41-24)16-33-11-13-34(14-12-33)26(36)17-40-21-6-2-19(3-7-21)32-42(39)22-8-4-20(5-9-22)35(37)38/h1,4-5,8-10,15,19,21,32H,2-3,6-7,11-14,16-17H2. The van der Waals surface area contributed by atoms with Crippen LogP contribution in [0.4, 0.5) is 18.9 Å². The Morgan fingerprint density at radius 3 is 2.43 bits per heavy atom. The van der Waals surface area contributed by atoms with E-state index in [1.165, 1.54) is 41.7 Å². The Kier molecular flexibility index (Phi) is 9.52. The highest BCUT2D eigenvalue weighted by Crippen LogP contribution is 2.33. The Hall–Kier alpha value is -2.98. The van der Waals surface area contributed by atoms with Crippen LogP contribution in [0.25, 0.3) is 10.2 Å². The number of hydrogen-bond acceptors (Lipinski definition) is 8. The molecule has 2 aromatic carbocycles. The van der Waals surface area contributed by atoms with E-state index in [-0.39, 0.29) is 30.3 Å². The summed E-state index contributed by atoms with van der Waals surface area (Å²) in [4.78, 5) is 31.8. The molecule has 2 fully saturated rings. The first kappa shape index (κ1) is 30.5. The third-order valence-electron chi connectivity index (χ3n) is 7.50. The molecule has 1 aliphatic heterocycles. The summed E-state index contributed by atoms with van der Waals surface area (Å²) in [5, 5.41) is 11.5. The fraction of sp³-hybridized carbons (Fsp3) is 0.481. The molecule has 226 valence electrons. The molecule has 1 saturated carbocycles. The number of nitro benzene ring substituents is 1. The van der Waals surface area contributed by atoms with Gasteiger partial charge in [-0.15, -0.1) is 11.3 Å². The van der Waals surface area contributed by atoms with Crippen LogP contribution in [-0.4, -0.2) is 74.8 Å². The number of piperazine rings is 1. The monoisotopic (exact) mass is 625 g/mol. The van der Waals surface area contributed by atoms with Gasteiger partial charge in [-0.2, -0.15) is 13.2 Å². The second-order valence-corrected chi connectivity index (χ2v) is 12.7. The predicted octanol–water partition coefficient (Wildman–Crippen LogP) is 4.51. The molecule has 0 spiro atoms. The molecule has 0 radical (unpaired) electrons. The smallest absolute Gasteiger partial charge is 0.368 e. The van der Waals surface area contributed by atoms with Crippen LogP contribution in [0.2, 0.25) is 0 Å². The number of nitrogens with one attached hydrogen (secondary N) is 1. The van der Waals surface area contributed by atoms with Crippen molar-refractivity contribution in [2.45, 2.75) is 55.4 Å². The number of nitro groups is 1. The molecule has 10 nitrogen and oxygen atoms in total. The molecule has 0 bridgehead atoms. The number of fused-ring (bicyclic) bond motifs is 1. The number of ether oxygens (including phenoxy) is 1. The molecular weight excluding hydrogens is 595 g/mol. The van der Waals surface area contributed by atoms with Gasteiger partial charge < -0.3 is 9.64 Å². The predicted molar refractivity (Wildman–Crippen MR) is 151 cm³/mol. The highest BCUT2D eigenvalue weighted by Gasteiger charge is 2.31. The van der Waals surface area contributed by atoms with Crippen LogP contribution in [0, 0.1) is 10.1 Å². The van der Waals surface area contributed by atoms with Crippen molar-refractivity contribution in [3.05, 3.63) is 63.1 Å². The number of non-ortho nitro benzene ring substituents is 1. The molecule has 1 aromatic heterocycles. The van der Waals surface area contributed by atoms with Crippen LogP contribution in [0.3, 0.4) is 0 Å². The first-order valence-electron chi connectivity index (χ1n) is 13.6. The van der Waals surface area contributed by atoms with E-state index in [0.717, 1.165) is 42.8 Å². The van der Waals surface area contributed by atoms with Crippen LogP contribution in [0.15, 0.2) is 47.4 Å². The zero-order chi connectivity index (χ0) is 29.9. The van der Waals surface area contributed by atoms with Crippen LogP contribution in [0.1, 0.15) is 36.3 Å². The van der Waals surface area contributed by atoms with E-state index in [9.17, 15) is 32.3 Å². The van der Waals surface area contributed by atoms with E-state index in [4.69, 9.17) is 4.74 Å². The maximum atomic E-state index is 13.0. The Morgan fingerprint density at radius 2 is 1.79 bits per heavy atom. The van der Waals surface area contributed by atoms with Crippen LogP contribution < -0.4 is 4.72 Å². The third-order valence-corrected chi connectivity index (χ3v) is 9.76. The van der Waals surface area contributed by atoms with Gasteiger partial charge in [0.25, 0.3) is 5.69 Å². The SMILES string of the molecule is O=C(COC1CCC(NS(=O)c2ccc([N+](=O)[O-])cc2)CC1)N1CCN(Cc2nc3cc(C(F)(F)F)ccc3s2)CC1. The number of alkyl halides is 3. The zero-order valence-corrected chi connectivity index (χ0v) is 24.2. The van der Waals surface area contributed by atoms with E-state index in [1.54, 1.807) is 4.90 Å². The summed E-state index contributed by atoms with van der Waals surface area (Å²) >= 11 is 1.38. The van der Waals surface area contributed by atoms with Gasteiger partial charge in [-0.05, 0) is 56.0 Å². The molecule has 15 heteroatoms. The molecule has 2 aliphatic rings. The fourth-order valence-electron chi connectivity index (χ4n) is 5.10. The van der Waals surface area contributed by atoms with Gasteiger partial charge in [0.1, 0.15) is 22.6 Å². The van der Waals surface area contributed by atoms with E-state index in [2.05, 4.69) is 14.6 Å². The van der Waals surface area contributed by atoms with Crippen molar-refractivity contribution in [1.29, 1.82) is 0 Å². The van der Waals surface area contributed by atoms with Crippen molar-refractivity contribution in [2.75, 3.05) is 32.8 Å². The molecule has 5 rings (SSSR count). The van der Waals surface area contributed by atoms with Gasteiger partial charge in [0.2, 0.25) is 5.91 Å². The van der Waals surface area contributed by atoms with Gasteiger partial charge in [0.05, 0.1) is 38.2 Å². The Labute approximate surface area is 246 Å². The minimum Gasteiger partial charge on any atom is -0.368 e. The van der Waals surface area contributed by atoms with Crippen molar-refractivity contribution >= 4 is 44.1 Å². The van der Waals surface area contributed by atoms with Gasteiger partial charge in [-0.1, -0.05) is 0 Å². The molecule has 1 aliphatic carbocycles. The van der Waals surface area contributed by atoms with Crippen LogP contribution >= 0.6 is 11.3 Å². The zero-order valence-electron chi connectivity index (χ0n) is 22.5. The summed E-state index contributed by atoms with van der Waals surface area (Å²) in [5.74, 6) is -0.0751. The topological polar surface area (TPSA) is 118 Å². The van der Waals surface area contributed by atoms with Crippen LogP contribution in [0.5, 0.6) is 0 Å². The Balaban J connectivity index is 1.00. The summed E-state index contributed by atoms with van der Waals surface area (Å²) in [6.45, 7) is 2.87. The van der Waals surface area contributed by atoms with E-state index >= 15 is 0 Å². The maximum absolute atomic E-state index is 13.0. The quantitative estimate of drug-likeness (QED) is 0.275. The van der Waals surface area contributed by atoms with Crippen molar-refractivity contribution < 1.29 is 31.8 Å². The highest BCUT2D eigenvalue weighted by atomic mass is 32.2. The summed E-state index contributed by atoms with van der Waals surface area (Å²) in [7, 11) is -1.48. The molecule has 2 heterocycles. The second-order valence-electron chi connectivity index (χ2n) is 10.4. The second kappa shape index (κ2) is 13.1. The van der Waals surface area contributed by atoms with Crippen molar-refractivity contribution in [3.8, 4) is 0 Å².